The van der Waals surface area contributed by atoms with Crippen molar-refractivity contribution in [2.24, 2.45) is 5.92 Å². The number of phenols is 1. The molecule has 5 nitrogen and oxygen atoms in total. The summed E-state index contributed by atoms with van der Waals surface area (Å²) in [4.78, 5) is 26.6. The fraction of sp³-hybridized carbons (Fsp3) is 0.263. The molecule has 1 fully saturated rings. The summed E-state index contributed by atoms with van der Waals surface area (Å²) in [7, 11) is 0. The van der Waals surface area contributed by atoms with Crippen LogP contribution in [0.2, 0.25) is 0 Å². The number of rotatable bonds is 3. The number of hydrogen-bond donors (Lipinski definition) is 2. The van der Waals surface area contributed by atoms with Crippen LogP contribution in [0.15, 0.2) is 48.5 Å². The molecule has 0 unspecified atom stereocenters. The molecule has 1 heterocycles. The monoisotopic (exact) mass is 450 g/mol. The van der Waals surface area contributed by atoms with E-state index in [9.17, 15) is 14.7 Å². The number of nitrogens with zero attached hydrogens (tertiary/aromatic N) is 1. The zero-order chi connectivity index (χ0) is 17.8. The van der Waals surface area contributed by atoms with Gasteiger partial charge in [0.15, 0.2) is 5.78 Å². The van der Waals surface area contributed by atoms with E-state index in [1.165, 1.54) is 12.1 Å². The van der Waals surface area contributed by atoms with Crippen molar-refractivity contribution in [2.75, 3.05) is 18.4 Å². The lowest BCUT2D eigenvalue weighted by Crippen LogP contribution is -2.42. The molecule has 0 aliphatic carbocycles. The van der Waals surface area contributed by atoms with Gasteiger partial charge in [-0.3, -0.25) is 4.79 Å². The molecule has 2 aromatic carbocycles. The number of urea groups is 1. The molecule has 2 aromatic rings. The number of halogens is 1. The zero-order valence-corrected chi connectivity index (χ0v) is 15.8. The Kier molecular flexibility index (Phi) is 5.57. The molecule has 0 spiro atoms. The van der Waals surface area contributed by atoms with Crippen molar-refractivity contribution in [2.45, 2.75) is 12.8 Å². The van der Waals surface area contributed by atoms with Crippen molar-refractivity contribution in [1.29, 1.82) is 0 Å². The van der Waals surface area contributed by atoms with Gasteiger partial charge in [-0.1, -0.05) is 0 Å². The quantitative estimate of drug-likeness (QED) is 0.546. The second-order valence-corrected chi connectivity index (χ2v) is 7.36. The molecule has 0 bridgehead atoms. The van der Waals surface area contributed by atoms with Crippen LogP contribution >= 0.6 is 22.6 Å². The minimum Gasteiger partial charge on any atom is -0.508 e. The Morgan fingerprint density at radius 2 is 1.60 bits per heavy atom. The molecular formula is C19H19IN2O3. The molecule has 2 amide bonds. The van der Waals surface area contributed by atoms with Crippen LogP contribution in [-0.2, 0) is 0 Å². The number of carbonyl (C=O) groups is 2. The van der Waals surface area contributed by atoms with Gasteiger partial charge in [-0.05, 0) is 84.0 Å². The predicted octanol–water partition coefficient (Wildman–Crippen LogP) is 4.12. The number of Topliss-reactive ketones (excluding diaryl/α,β-unsaturated/α-hetero) is 1. The van der Waals surface area contributed by atoms with Gasteiger partial charge in [-0.15, -0.1) is 0 Å². The summed E-state index contributed by atoms with van der Waals surface area (Å²) in [5.74, 6) is 0.156. The van der Waals surface area contributed by atoms with Crippen LogP contribution in [0.3, 0.4) is 0 Å². The van der Waals surface area contributed by atoms with E-state index in [1.54, 1.807) is 17.0 Å². The zero-order valence-electron chi connectivity index (χ0n) is 13.6. The first-order valence-electron chi connectivity index (χ1n) is 8.17. The number of ketones is 1. The summed E-state index contributed by atoms with van der Waals surface area (Å²) in [5.41, 5.74) is 1.38. The number of amides is 2. The molecule has 0 atom stereocenters. The number of benzene rings is 2. The molecular weight excluding hydrogens is 431 g/mol. The first kappa shape index (κ1) is 17.7. The average molecular weight is 450 g/mol. The van der Waals surface area contributed by atoms with Crippen molar-refractivity contribution >= 4 is 40.1 Å². The maximum atomic E-state index is 12.5. The van der Waals surface area contributed by atoms with E-state index in [2.05, 4.69) is 27.9 Å². The summed E-state index contributed by atoms with van der Waals surface area (Å²) < 4.78 is 1.11. The Hall–Kier alpha value is -2.09. The minimum absolute atomic E-state index is 0.0769. The van der Waals surface area contributed by atoms with Gasteiger partial charge in [-0.25, -0.2) is 4.79 Å². The first-order valence-corrected chi connectivity index (χ1v) is 9.25. The second kappa shape index (κ2) is 7.86. The highest BCUT2D eigenvalue weighted by Crippen LogP contribution is 2.23. The third-order valence-electron chi connectivity index (χ3n) is 4.40. The molecule has 0 saturated carbocycles. The molecule has 0 aromatic heterocycles. The van der Waals surface area contributed by atoms with Crippen LogP contribution in [0.5, 0.6) is 5.75 Å². The Labute approximate surface area is 160 Å². The Morgan fingerprint density at radius 1 is 1.00 bits per heavy atom. The van der Waals surface area contributed by atoms with Gasteiger partial charge in [0.2, 0.25) is 0 Å². The van der Waals surface area contributed by atoms with E-state index in [1.807, 2.05) is 24.3 Å². The summed E-state index contributed by atoms with van der Waals surface area (Å²) in [6.45, 7) is 1.12. The topological polar surface area (TPSA) is 69.6 Å². The largest absolute Gasteiger partial charge is 0.508 e. The number of piperidine rings is 1. The van der Waals surface area contributed by atoms with Gasteiger partial charge in [0.05, 0.1) is 0 Å². The lowest BCUT2D eigenvalue weighted by molar-refractivity contribution is 0.0859. The van der Waals surface area contributed by atoms with Crippen molar-refractivity contribution in [3.8, 4) is 5.75 Å². The lowest BCUT2D eigenvalue weighted by atomic mass is 9.89. The van der Waals surface area contributed by atoms with E-state index in [4.69, 9.17) is 0 Å². The minimum atomic E-state index is -0.128. The van der Waals surface area contributed by atoms with Gasteiger partial charge >= 0.3 is 6.03 Å². The number of likely N-dealkylation sites (tertiary alicyclic amines) is 1. The van der Waals surface area contributed by atoms with Crippen LogP contribution in [0.25, 0.3) is 0 Å². The molecule has 1 aliphatic heterocycles. The molecule has 1 aliphatic rings. The molecule has 130 valence electrons. The highest BCUT2D eigenvalue weighted by Gasteiger charge is 2.28. The molecule has 0 radical (unpaired) electrons. The summed E-state index contributed by atoms with van der Waals surface area (Å²) in [6.07, 6.45) is 1.31. The second-order valence-electron chi connectivity index (χ2n) is 6.11. The van der Waals surface area contributed by atoms with Crippen LogP contribution in [-0.4, -0.2) is 34.9 Å². The molecule has 3 rings (SSSR count). The van der Waals surface area contributed by atoms with E-state index < -0.39 is 0 Å². The van der Waals surface area contributed by atoms with Crippen LogP contribution in [0.4, 0.5) is 10.5 Å². The SMILES string of the molecule is O=C(c1ccc(O)cc1)C1CCN(C(=O)Nc2ccc(I)cc2)CC1. The Balaban J connectivity index is 1.54. The standard InChI is InChI=1S/C19H19IN2O3/c20-15-3-5-16(6-4-15)21-19(25)22-11-9-14(10-12-22)18(24)13-1-7-17(23)8-2-13/h1-8,14,23H,9-12H2,(H,21,25). The maximum Gasteiger partial charge on any atom is 0.321 e. The molecule has 2 N–H and O–H groups in total. The third kappa shape index (κ3) is 4.50. The number of aromatic hydroxyl groups is 1. The summed E-state index contributed by atoms with van der Waals surface area (Å²) >= 11 is 2.22. The fourth-order valence-electron chi connectivity index (χ4n) is 2.94. The molecule has 25 heavy (non-hydrogen) atoms. The average Bonchev–Trinajstić information content (AvgIpc) is 2.64. The normalized spacial score (nSPS) is 15.0. The van der Waals surface area contributed by atoms with E-state index in [-0.39, 0.29) is 23.5 Å². The van der Waals surface area contributed by atoms with Crippen LogP contribution in [0.1, 0.15) is 23.2 Å². The summed E-state index contributed by atoms with van der Waals surface area (Å²) in [6, 6.07) is 13.9. The molecule has 6 heteroatoms. The Bertz CT molecular complexity index is 751. The van der Waals surface area contributed by atoms with Crippen LogP contribution in [0, 0.1) is 9.49 Å². The number of nitrogens with one attached hydrogen (secondary N) is 1. The Morgan fingerprint density at radius 3 is 2.20 bits per heavy atom. The van der Waals surface area contributed by atoms with Gasteiger partial charge in [0.1, 0.15) is 5.75 Å². The van der Waals surface area contributed by atoms with Gasteiger partial charge in [0.25, 0.3) is 0 Å². The molecule has 1 saturated heterocycles. The lowest BCUT2D eigenvalue weighted by Gasteiger charge is -2.31. The van der Waals surface area contributed by atoms with Crippen molar-refractivity contribution in [3.63, 3.8) is 0 Å². The van der Waals surface area contributed by atoms with E-state index in [0.29, 0.717) is 31.5 Å². The number of carbonyl (C=O) groups excluding carboxylic acids is 2. The highest BCUT2D eigenvalue weighted by atomic mass is 127. The van der Waals surface area contributed by atoms with Crippen molar-refractivity contribution in [1.82, 2.24) is 4.90 Å². The van der Waals surface area contributed by atoms with Crippen molar-refractivity contribution in [3.05, 3.63) is 57.7 Å². The fourth-order valence-corrected chi connectivity index (χ4v) is 3.30. The third-order valence-corrected chi connectivity index (χ3v) is 5.12. The highest BCUT2D eigenvalue weighted by molar-refractivity contribution is 14.1. The number of phenolic OH excluding ortho intramolecular Hbond substituents is 1. The smallest absolute Gasteiger partial charge is 0.321 e. The van der Waals surface area contributed by atoms with Crippen molar-refractivity contribution < 1.29 is 14.7 Å². The number of anilines is 1. The van der Waals surface area contributed by atoms with Gasteiger partial charge < -0.3 is 15.3 Å². The van der Waals surface area contributed by atoms with Gasteiger partial charge in [-0.2, -0.15) is 0 Å². The first-order chi connectivity index (χ1) is 12.0. The predicted molar refractivity (Wildman–Crippen MR) is 105 cm³/mol. The van der Waals surface area contributed by atoms with E-state index in [0.717, 1.165) is 9.26 Å². The summed E-state index contributed by atoms with van der Waals surface area (Å²) in [5, 5.41) is 12.2. The van der Waals surface area contributed by atoms with Crippen LogP contribution < -0.4 is 5.32 Å². The maximum absolute atomic E-state index is 12.5. The van der Waals surface area contributed by atoms with Gasteiger partial charge in [0, 0.05) is 33.8 Å². The number of hydrogen-bond acceptors (Lipinski definition) is 3. The van der Waals surface area contributed by atoms with E-state index >= 15 is 0 Å².